The molecule has 1 saturated heterocycles. The highest BCUT2D eigenvalue weighted by Gasteiger charge is 2.40. The first-order valence-electron chi connectivity index (χ1n) is 6.22. The van der Waals surface area contributed by atoms with Crippen LogP contribution in [-0.2, 0) is 4.79 Å². The predicted molar refractivity (Wildman–Crippen MR) is 83.0 cm³/mol. The number of rotatable bonds is 3. The fourth-order valence-electron chi connectivity index (χ4n) is 2.06. The molecule has 0 radical (unpaired) electrons. The van der Waals surface area contributed by atoms with E-state index < -0.39 is 12.0 Å². The molecule has 5 nitrogen and oxygen atoms in total. The van der Waals surface area contributed by atoms with Crippen molar-refractivity contribution in [3.05, 3.63) is 28.7 Å². The fraction of sp³-hybridized carbons (Fsp3) is 0.385. The molecule has 7 heteroatoms. The van der Waals surface area contributed by atoms with Gasteiger partial charge >= 0.3 is 12.0 Å². The molecule has 1 aliphatic rings. The van der Waals surface area contributed by atoms with Crippen LogP contribution in [0.5, 0.6) is 0 Å². The van der Waals surface area contributed by atoms with Crippen LogP contribution in [0.15, 0.2) is 28.7 Å². The minimum absolute atomic E-state index is 0.0912. The number of nitrogens with zero attached hydrogens (tertiary/aromatic N) is 1. The highest BCUT2D eigenvalue weighted by Crippen LogP contribution is 2.32. The lowest BCUT2D eigenvalue weighted by Crippen LogP contribution is -2.47. The Hall–Kier alpha value is -1.21. The zero-order valence-corrected chi connectivity index (χ0v) is 13.3. The molecule has 1 fully saturated rings. The lowest BCUT2D eigenvalue weighted by atomic mass is 10.2. The third-order valence-electron chi connectivity index (χ3n) is 3.06. The summed E-state index contributed by atoms with van der Waals surface area (Å²) in [4.78, 5) is 25.0. The number of carboxylic acids is 1. The van der Waals surface area contributed by atoms with Gasteiger partial charge in [-0.3, -0.25) is 4.90 Å². The van der Waals surface area contributed by atoms with Crippen LogP contribution in [0, 0.1) is 0 Å². The summed E-state index contributed by atoms with van der Waals surface area (Å²) in [6.45, 7) is 1.95. The van der Waals surface area contributed by atoms with Crippen molar-refractivity contribution >= 4 is 45.4 Å². The number of carbonyl (C=O) groups excluding carboxylic acids is 1. The molecular weight excluding hydrogens is 344 g/mol. The summed E-state index contributed by atoms with van der Waals surface area (Å²) in [7, 11) is 0. The normalized spacial score (nSPS) is 21.8. The molecule has 0 aromatic heterocycles. The number of thioether (sulfide) groups is 1. The van der Waals surface area contributed by atoms with E-state index in [1.54, 1.807) is 12.1 Å². The minimum atomic E-state index is -0.959. The topological polar surface area (TPSA) is 69.6 Å². The SMILES string of the molecule is CCC1SCC(C(=O)O)N1C(=O)Nc1ccc(Br)cc1. The van der Waals surface area contributed by atoms with Crippen molar-refractivity contribution in [2.45, 2.75) is 24.8 Å². The number of hydrogen-bond donors (Lipinski definition) is 2. The van der Waals surface area contributed by atoms with Crippen molar-refractivity contribution in [1.82, 2.24) is 4.90 Å². The Labute approximate surface area is 129 Å². The van der Waals surface area contributed by atoms with Crippen LogP contribution in [0.25, 0.3) is 0 Å². The van der Waals surface area contributed by atoms with Gasteiger partial charge < -0.3 is 10.4 Å². The van der Waals surface area contributed by atoms with Crippen molar-refractivity contribution in [2.24, 2.45) is 0 Å². The summed E-state index contributed by atoms with van der Waals surface area (Å²) in [5, 5.41) is 11.9. The maximum Gasteiger partial charge on any atom is 0.327 e. The van der Waals surface area contributed by atoms with Crippen LogP contribution in [-0.4, -0.2) is 39.2 Å². The lowest BCUT2D eigenvalue weighted by Gasteiger charge is -2.26. The van der Waals surface area contributed by atoms with Crippen molar-refractivity contribution in [2.75, 3.05) is 11.1 Å². The van der Waals surface area contributed by atoms with E-state index in [4.69, 9.17) is 0 Å². The van der Waals surface area contributed by atoms with E-state index >= 15 is 0 Å². The van der Waals surface area contributed by atoms with Gasteiger partial charge in [0.1, 0.15) is 6.04 Å². The van der Waals surface area contributed by atoms with Gasteiger partial charge in [0, 0.05) is 15.9 Å². The quantitative estimate of drug-likeness (QED) is 0.870. The van der Waals surface area contributed by atoms with E-state index in [9.17, 15) is 14.7 Å². The van der Waals surface area contributed by atoms with Crippen LogP contribution in [0.2, 0.25) is 0 Å². The van der Waals surface area contributed by atoms with Crippen molar-refractivity contribution in [1.29, 1.82) is 0 Å². The van der Waals surface area contributed by atoms with Gasteiger partial charge in [0.25, 0.3) is 0 Å². The van der Waals surface area contributed by atoms with Gasteiger partial charge in [-0.25, -0.2) is 9.59 Å². The summed E-state index contributed by atoms with van der Waals surface area (Å²) in [6, 6.07) is 6.04. The first kappa shape index (κ1) is 15.2. The van der Waals surface area contributed by atoms with Crippen LogP contribution >= 0.6 is 27.7 Å². The minimum Gasteiger partial charge on any atom is -0.480 e. The first-order valence-corrected chi connectivity index (χ1v) is 8.06. The van der Waals surface area contributed by atoms with Gasteiger partial charge in [-0.05, 0) is 30.7 Å². The third kappa shape index (κ3) is 3.27. The molecule has 0 bridgehead atoms. The van der Waals surface area contributed by atoms with Gasteiger partial charge in [0.2, 0.25) is 0 Å². The summed E-state index contributed by atoms with van der Waals surface area (Å²) in [5.41, 5.74) is 0.647. The molecule has 2 unspecified atom stereocenters. The number of amides is 2. The summed E-state index contributed by atoms with van der Waals surface area (Å²) in [6.07, 6.45) is 0.724. The van der Waals surface area contributed by atoms with Crippen LogP contribution in [0.1, 0.15) is 13.3 Å². The molecule has 0 saturated carbocycles. The Balaban J connectivity index is 2.12. The summed E-state index contributed by atoms with van der Waals surface area (Å²) >= 11 is 4.83. The Morgan fingerprint density at radius 1 is 1.45 bits per heavy atom. The summed E-state index contributed by atoms with van der Waals surface area (Å²) in [5.74, 6) is -0.527. The highest BCUT2D eigenvalue weighted by atomic mass is 79.9. The number of carboxylic acid groups (broad SMARTS) is 1. The van der Waals surface area contributed by atoms with Gasteiger partial charge in [-0.2, -0.15) is 0 Å². The van der Waals surface area contributed by atoms with Gasteiger partial charge in [0.05, 0.1) is 5.37 Å². The maximum atomic E-state index is 12.3. The second-order valence-electron chi connectivity index (χ2n) is 4.39. The van der Waals surface area contributed by atoms with Crippen molar-refractivity contribution < 1.29 is 14.7 Å². The lowest BCUT2D eigenvalue weighted by molar-refractivity contribution is -0.141. The Kier molecular flexibility index (Phi) is 4.93. The van der Waals surface area contributed by atoms with E-state index in [0.717, 1.165) is 10.9 Å². The highest BCUT2D eigenvalue weighted by molar-refractivity contribution is 9.10. The number of anilines is 1. The largest absolute Gasteiger partial charge is 0.480 e. The van der Waals surface area contributed by atoms with E-state index in [1.165, 1.54) is 16.7 Å². The summed E-state index contributed by atoms with van der Waals surface area (Å²) < 4.78 is 0.919. The smallest absolute Gasteiger partial charge is 0.327 e. The number of benzene rings is 1. The molecule has 1 heterocycles. The molecule has 108 valence electrons. The molecule has 2 atom stereocenters. The average molecular weight is 359 g/mol. The number of carbonyl (C=O) groups is 2. The number of nitrogens with one attached hydrogen (secondary N) is 1. The zero-order valence-electron chi connectivity index (χ0n) is 10.9. The predicted octanol–water partition coefficient (Wildman–Crippen LogP) is 3.22. The number of aliphatic carboxylic acids is 1. The number of hydrogen-bond acceptors (Lipinski definition) is 3. The van der Waals surface area contributed by atoms with E-state index in [-0.39, 0.29) is 11.4 Å². The molecule has 2 N–H and O–H groups in total. The Morgan fingerprint density at radius 3 is 2.65 bits per heavy atom. The van der Waals surface area contributed by atoms with Crippen molar-refractivity contribution in [3.8, 4) is 0 Å². The first-order chi connectivity index (χ1) is 9.52. The van der Waals surface area contributed by atoms with Crippen LogP contribution < -0.4 is 5.32 Å². The zero-order chi connectivity index (χ0) is 14.7. The third-order valence-corrected chi connectivity index (χ3v) is 5.04. The monoisotopic (exact) mass is 358 g/mol. The van der Waals surface area contributed by atoms with E-state index in [1.807, 2.05) is 19.1 Å². The van der Waals surface area contributed by atoms with E-state index in [0.29, 0.717) is 11.4 Å². The van der Waals surface area contributed by atoms with Gasteiger partial charge in [-0.1, -0.05) is 22.9 Å². The fourth-order valence-corrected chi connectivity index (χ4v) is 3.67. The molecule has 2 rings (SSSR count). The number of halogens is 1. The number of urea groups is 1. The molecule has 1 aliphatic heterocycles. The second-order valence-corrected chi connectivity index (χ2v) is 6.52. The molecule has 2 amide bonds. The van der Waals surface area contributed by atoms with Gasteiger partial charge in [-0.15, -0.1) is 11.8 Å². The van der Waals surface area contributed by atoms with Crippen LogP contribution in [0.4, 0.5) is 10.5 Å². The molecule has 0 aliphatic carbocycles. The Morgan fingerprint density at radius 2 is 2.10 bits per heavy atom. The average Bonchev–Trinajstić information content (AvgIpc) is 2.85. The molecular formula is C13H15BrN2O3S. The standard InChI is InChI=1S/C13H15BrN2O3S/c1-2-11-16(10(7-20-11)12(17)18)13(19)15-9-5-3-8(14)4-6-9/h3-6,10-11H,2,7H2,1H3,(H,15,19)(H,17,18). The molecule has 0 spiro atoms. The Bertz CT molecular complexity index is 509. The molecule has 1 aromatic carbocycles. The van der Waals surface area contributed by atoms with Crippen LogP contribution in [0.3, 0.4) is 0 Å². The van der Waals surface area contributed by atoms with Gasteiger partial charge in [0.15, 0.2) is 0 Å². The maximum absolute atomic E-state index is 12.3. The molecule has 20 heavy (non-hydrogen) atoms. The second kappa shape index (κ2) is 6.49. The van der Waals surface area contributed by atoms with Crippen molar-refractivity contribution in [3.63, 3.8) is 0 Å². The molecule has 1 aromatic rings. The van der Waals surface area contributed by atoms with E-state index in [2.05, 4.69) is 21.2 Å².